The van der Waals surface area contributed by atoms with Gasteiger partial charge < -0.3 is 14.2 Å². The van der Waals surface area contributed by atoms with Crippen molar-refractivity contribution in [3.8, 4) is 23.0 Å². The molecule has 0 unspecified atom stereocenters. The zero-order valence-corrected chi connectivity index (χ0v) is 27.3. The highest BCUT2D eigenvalue weighted by Gasteiger charge is 2.41. The van der Waals surface area contributed by atoms with Gasteiger partial charge in [-0.2, -0.15) is 0 Å². The van der Waals surface area contributed by atoms with E-state index in [9.17, 15) is 4.79 Å². The van der Waals surface area contributed by atoms with Crippen molar-refractivity contribution in [3.63, 3.8) is 0 Å². The van der Waals surface area contributed by atoms with Gasteiger partial charge in [-0.15, -0.1) is 5.54 Å². The molecule has 0 aliphatic rings. The summed E-state index contributed by atoms with van der Waals surface area (Å²) >= 11 is 0. The Kier molecular flexibility index (Phi) is 10.7. The molecule has 2 aromatic rings. The van der Waals surface area contributed by atoms with Crippen LogP contribution in [0, 0.1) is 25.3 Å². The lowest BCUT2D eigenvalue weighted by atomic mass is 10.1. The lowest BCUT2D eigenvalue weighted by molar-refractivity contribution is 0.0577. The standard InChI is InChI=1S/C32H48N2O4Si/c1-21(2)39(22(3)4,23(5)6)15-14-26-16-27(18-28(17-26)36-12)34(31(35)38-32(9,10)11)20-29-25(8)30(37-13)24(7)19-33-29/h16-19,21-23H,20H2,1-13H3. The van der Waals surface area contributed by atoms with Crippen LogP contribution in [0.25, 0.3) is 0 Å². The lowest BCUT2D eigenvalue weighted by Gasteiger charge is -2.38. The summed E-state index contributed by atoms with van der Waals surface area (Å²) in [5.41, 5.74) is 8.65. The van der Waals surface area contributed by atoms with Crippen molar-refractivity contribution in [2.24, 2.45) is 0 Å². The van der Waals surface area contributed by atoms with Gasteiger partial charge in [0.2, 0.25) is 0 Å². The summed E-state index contributed by atoms with van der Waals surface area (Å²) in [6.45, 7) is 23.5. The Balaban J connectivity index is 2.71. The molecule has 1 aromatic carbocycles. The Hall–Kier alpha value is -2.98. The number of hydrogen-bond donors (Lipinski definition) is 0. The van der Waals surface area contributed by atoms with Gasteiger partial charge in [-0.05, 0) is 63.4 Å². The van der Waals surface area contributed by atoms with Crippen molar-refractivity contribution in [1.82, 2.24) is 4.98 Å². The van der Waals surface area contributed by atoms with E-state index in [0.29, 0.717) is 28.1 Å². The van der Waals surface area contributed by atoms with Crippen molar-refractivity contribution < 1.29 is 19.0 Å². The first-order chi connectivity index (χ1) is 18.1. The third kappa shape index (κ3) is 7.57. The highest BCUT2D eigenvalue weighted by atomic mass is 28.3. The SMILES string of the molecule is COc1cc(C#C[Si](C(C)C)(C(C)C)C(C)C)cc(N(Cc2ncc(C)c(OC)c2C)C(=O)OC(C)(C)C)c1. The summed E-state index contributed by atoms with van der Waals surface area (Å²) in [7, 11) is 1.32. The molecule has 0 atom stereocenters. The van der Waals surface area contributed by atoms with E-state index in [2.05, 4.69) is 58.0 Å². The topological polar surface area (TPSA) is 60.9 Å². The van der Waals surface area contributed by atoms with Crippen LogP contribution in [0.4, 0.5) is 10.5 Å². The van der Waals surface area contributed by atoms with Crippen LogP contribution in [-0.4, -0.2) is 39.0 Å². The Morgan fingerprint density at radius 1 is 0.974 bits per heavy atom. The molecule has 7 heteroatoms. The van der Waals surface area contributed by atoms with Gasteiger partial charge in [-0.25, -0.2) is 4.79 Å². The second-order valence-corrected chi connectivity index (χ2v) is 17.8. The molecule has 0 saturated heterocycles. The molecule has 0 radical (unpaired) electrons. The highest BCUT2D eigenvalue weighted by molar-refractivity contribution is 6.90. The Morgan fingerprint density at radius 3 is 2.05 bits per heavy atom. The number of ether oxygens (including phenoxy) is 3. The predicted octanol–water partition coefficient (Wildman–Crippen LogP) is 8.23. The molecule has 39 heavy (non-hydrogen) atoms. The van der Waals surface area contributed by atoms with E-state index in [4.69, 9.17) is 14.2 Å². The number of anilines is 1. The largest absolute Gasteiger partial charge is 0.497 e. The van der Waals surface area contributed by atoms with Gasteiger partial charge in [-0.1, -0.05) is 47.5 Å². The van der Waals surface area contributed by atoms with Crippen LogP contribution in [0.2, 0.25) is 16.6 Å². The van der Waals surface area contributed by atoms with Crippen LogP contribution in [-0.2, 0) is 11.3 Å². The number of pyridine rings is 1. The summed E-state index contributed by atoms with van der Waals surface area (Å²) in [5, 5.41) is 0. The molecule has 6 nitrogen and oxygen atoms in total. The Labute approximate surface area is 237 Å². The molecular weight excluding hydrogens is 504 g/mol. The van der Waals surface area contributed by atoms with E-state index in [1.54, 1.807) is 25.3 Å². The second kappa shape index (κ2) is 12.9. The minimum atomic E-state index is -1.95. The molecule has 0 bridgehead atoms. The van der Waals surface area contributed by atoms with E-state index in [1.165, 1.54) is 0 Å². The molecule has 1 amide bonds. The zero-order valence-electron chi connectivity index (χ0n) is 26.3. The number of rotatable bonds is 8. The van der Waals surface area contributed by atoms with Crippen LogP contribution >= 0.6 is 0 Å². The number of nitrogens with zero attached hydrogens (tertiary/aromatic N) is 2. The van der Waals surface area contributed by atoms with E-state index >= 15 is 0 Å². The summed E-state index contributed by atoms with van der Waals surface area (Å²) in [4.78, 5) is 19.8. The summed E-state index contributed by atoms with van der Waals surface area (Å²) < 4.78 is 17.1. The fourth-order valence-corrected chi connectivity index (χ4v) is 10.7. The minimum Gasteiger partial charge on any atom is -0.497 e. The quantitative estimate of drug-likeness (QED) is 0.244. The number of aryl methyl sites for hydroxylation is 1. The lowest BCUT2D eigenvalue weighted by Crippen LogP contribution is -2.43. The fraction of sp³-hybridized carbons (Fsp3) is 0.562. The third-order valence-electron chi connectivity index (χ3n) is 7.40. The van der Waals surface area contributed by atoms with Crippen LogP contribution in [0.3, 0.4) is 0 Å². The molecule has 1 aromatic heterocycles. The molecule has 214 valence electrons. The van der Waals surface area contributed by atoms with Crippen molar-refractivity contribution in [3.05, 3.63) is 46.8 Å². The van der Waals surface area contributed by atoms with E-state index in [-0.39, 0.29) is 6.54 Å². The fourth-order valence-electron chi connectivity index (χ4n) is 5.50. The second-order valence-electron chi connectivity index (χ2n) is 12.2. The average Bonchev–Trinajstić information content (AvgIpc) is 2.82. The van der Waals surface area contributed by atoms with Crippen molar-refractivity contribution in [2.75, 3.05) is 19.1 Å². The average molecular weight is 553 g/mol. The van der Waals surface area contributed by atoms with Gasteiger partial charge in [0.15, 0.2) is 0 Å². The summed E-state index contributed by atoms with van der Waals surface area (Å²) in [5.74, 6) is 4.89. The smallest absolute Gasteiger partial charge is 0.415 e. The van der Waals surface area contributed by atoms with Gasteiger partial charge in [0.25, 0.3) is 0 Å². The first kappa shape index (κ1) is 32.2. The number of carbonyl (C=O) groups excluding carboxylic acids is 1. The molecule has 0 aliphatic heterocycles. The van der Waals surface area contributed by atoms with Crippen LogP contribution in [0.1, 0.15) is 84.7 Å². The number of hydrogen-bond acceptors (Lipinski definition) is 5. The number of carbonyl (C=O) groups is 1. The van der Waals surface area contributed by atoms with E-state index in [1.807, 2.05) is 52.8 Å². The maximum absolute atomic E-state index is 13.6. The first-order valence-electron chi connectivity index (χ1n) is 13.8. The van der Waals surface area contributed by atoms with Gasteiger partial charge in [0.1, 0.15) is 25.2 Å². The van der Waals surface area contributed by atoms with Gasteiger partial charge >= 0.3 is 6.09 Å². The molecule has 0 aliphatic carbocycles. The Morgan fingerprint density at radius 2 is 1.56 bits per heavy atom. The van der Waals surface area contributed by atoms with Crippen molar-refractivity contribution in [2.45, 2.75) is 105 Å². The van der Waals surface area contributed by atoms with Gasteiger partial charge in [-0.3, -0.25) is 9.88 Å². The van der Waals surface area contributed by atoms with Crippen LogP contribution < -0.4 is 14.4 Å². The molecular formula is C32H48N2O4Si. The zero-order chi connectivity index (χ0) is 29.7. The summed E-state index contributed by atoms with van der Waals surface area (Å²) in [6.07, 6.45) is 1.30. The molecule has 0 spiro atoms. The number of methoxy groups -OCH3 is 2. The van der Waals surface area contributed by atoms with Gasteiger partial charge in [0, 0.05) is 29.0 Å². The molecule has 0 N–H and O–H groups in total. The monoisotopic (exact) mass is 552 g/mol. The van der Waals surface area contributed by atoms with Gasteiger partial charge in [0.05, 0.1) is 32.1 Å². The van der Waals surface area contributed by atoms with Crippen molar-refractivity contribution >= 4 is 19.9 Å². The molecule has 2 rings (SSSR count). The number of amides is 1. The Bertz CT molecular complexity index is 1200. The number of aromatic nitrogens is 1. The highest BCUT2D eigenvalue weighted by Crippen LogP contribution is 2.41. The molecule has 1 heterocycles. The number of benzene rings is 1. The van der Waals surface area contributed by atoms with E-state index < -0.39 is 19.8 Å². The first-order valence-corrected chi connectivity index (χ1v) is 16.0. The van der Waals surface area contributed by atoms with Crippen LogP contribution in [0.5, 0.6) is 11.5 Å². The van der Waals surface area contributed by atoms with E-state index in [0.717, 1.165) is 28.1 Å². The maximum Gasteiger partial charge on any atom is 0.415 e. The minimum absolute atomic E-state index is 0.208. The van der Waals surface area contributed by atoms with Crippen LogP contribution in [0.15, 0.2) is 24.4 Å². The predicted molar refractivity (Wildman–Crippen MR) is 164 cm³/mol. The summed E-state index contributed by atoms with van der Waals surface area (Å²) in [6, 6.07) is 5.72. The molecule has 0 fully saturated rings. The van der Waals surface area contributed by atoms with Crippen molar-refractivity contribution in [1.29, 1.82) is 0 Å². The third-order valence-corrected chi connectivity index (χ3v) is 13.7. The molecule has 0 saturated carbocycles. The normalized spacial score (nSPS) is 11.9. The maximum atomic E-state index is 13.6.